The molecule has 7 heteroatoms. The van der Waals surface area contributed by atoms with Crippen LogP contribution >= 0.6 is 0 Å². The van der Waals surface area contributed by atoms with Crippen molar-refractivity contribution in [3.8, 4) is 17.3 Å². The number of rotatable bonds is 6. The lowest BCUT2D eigenvalue weighted by molar-refractivity contribution is 0.0947. The summed E-state index contributed by atoms with van der Waals surface area (Å²) in [6.07, 6.45) is 6.91. The molecule has 0 aliphatic heterocycles. The number of methoxy groups -OCH3 is 2. The van der Waals surface area contributed by atoms with Crippen LogP contribution in [0, 0.1) is 0 Å². The molecule has 0 radical (unpaired) electrons. The number of carbonyl (C=O) groups is 1. The molecule has 1 aromatic carbocycles. The van der Waals surface area contributed by atoms with Crippen molar-refractivity contribution in [2.75, 3.05) is 14.2 Å². The number of nitrogens with one attached hydrogen (secondary N) is 1. The van der Waals surface area contributed by atoms with E-state index >= 15 is 0 Å². The van der Waals surface area contributed by atoms with Crippen molar-refractivity contribution in [1.29, 1.82) is 0 Å². The number of nitrogens with zero attached hydrogens (tertiary/aromatic N) is 3. The van der Waals surface area contributed by atoms with Crippen LogP contribution < -0.4 is 14.8 Å². The van der Waals surface area contributed by atoms with Crippen molar-refractivity contribution in [3.63, 3.8) is 0 Å². The van der Waals surface area contributed by atoms with Crippen LogP contribution in [0.1, 0.15) is 15.9 Å². The van der Waals surface area contributed by atoms with Crippen molar-refractivity contribution in [1.82, 2.24) is 19.9 Å². The van der Waals surface area contributed by atoms with Crippen LogP contribution in [0.2, 0.25) is 0 Å². The fraction of sp³-hybridized carbons (Fsp3) is 0.167. The summed E-state index contributed by atoms with van der Waals surface area (Å²) in [7, 11) is 3.08. The van der Waals surface area contributed by atoms with Gasteiger partial charge in [0.2, 0.25) is 0 Å². The van der Waals surface area contributed by atoms with Crippen LogP contribution in [0.5, 0.6) is 11.5 Å². The second kappa shape index (κ2) is 7.48. The number of benzene rings is 1. The van der Waals surface area contributed by atoms with E-state index in [0.29, 0.717) is 23.6 Å². The van der Waals surface area contributed by atoms with Gasteiger partial charge < -0.3 is 14.8 Å². The van der Waals surface area contributed by atoms with E-state index in [-0.39, 0.29) is 5.91 Å². The number of pyridine rings is 1. The second-order valence-corrected chi connectivity index (χ2v) is 5.24. The lowest BCUT2D eigenvalue weighted by Crippen LogP contribution is -2.23. The molecule has 1 amide bonds. The third-order valence-electron chi connectivity index (χ3n) is 3.68. The Hall–Kier alpha value is -3.35. The molecule has 0 bridgehead atoms. The van der Waals surface area contributed by atoms with Gasteiger partial charge in [-0.05, 0) is 29.8 Å². The van der Waals surface area contributed by atoms with Gasteiger partial charge in [0.25, 0.3) is 5.91 Å². The van der Waals surface area contributed by atoms with Crippen molar-refractivity contribution in [2.24, 2.45) is 0 Å². The molecule has 0 fully saturated rings. The van der Waals surface area contributed by atoms with Gasteiger partial charge in [0, 0.05) is 25.1 Å². The maximum atomic E-state index is 12.4. The molecule has 0 unspecified atom stereocenters. The first-order valence-corrected chi connectivity index (χ1v) is 7.64. The first-order chi connectivity index (χ1) is 12.2. The van der Waals surface area contributed by atoms with Crippen LogP contribution in [-0.2, 0) is 6.54 Å². The Bertz CT molecular complexity index is 845. The van der Waals surface area contributed by atoms with Gasteiger partial charge in [-0.25, -0.2) is 9.97 Å². The quantitative estimate of drug-likeness (QED) is 0.745. The molecule has 2 aromatic heterocycles. The van der Waals surface area contributed by atoms with E-state index in [0.717, 1.165) is 11.4 Å². The van der Waals surface area contributed by atoms with Crippen LogP contribution in [0.15, 0.2) is 55.2 Å². The van der Waals surface area contributed by atoms with Crippen LogP contribution in [0.25, 0.3) is 5.82 Å². The van der Waals surface area contributed by atoms with Gasteiger partial charge in [0.15, 0.2) is 0 Å². The number of hydrogen-bond acceptors (Lipinski definition) is 5. The van der Waals surface area contributed by atoms with E-state index in [1.54, 1.807) is 44.0 Å². The van der Waals surface area contributed by atoms with E-state index in [9.17, 15) is 4.79 Å². The zero-order valence-electron chi connectivity index (χ0n) is 14.0. The number of carbonyl (C=O) groups excluding carboxylic acids is 1. The van der Waals surface area contributed by atoms with Gasteiger partial charge in [-0.15, -0.1) is 0 Å². The molecule has 3 rings (SSSR count). The molecular formula is C18H18N4O3. The monoisotopic (exact) mass is 338 g/mol. The van der Waals surface area contributed by atoms with Gasteiger partial charge in [-0.2, -0.15) is 0 Å². The molecule has 0 atom stereocenters. The van der Waals surface area contributed by atoms with Crippen molar-refractivity contribution in [2.45, 2.75) is 6.54 Å². The molecule has 25 heavy (non-hydrogen) atoms. The van der Waals surface area contributed by atoms with E-state index in [4.69, 9.17) is 9.47 Å². The first kappa shape index (κ1) is 16.5. The summed E-state index contributed by atoms with van der Waals surface area (Å²) in [6, 6.07) is 8.87. The second-order valence-electron chi connectivity index (χ2n) is 5.24. The minimum atomic E-state index is -0.241. The Kier molecular flexibility index (Phi) is 4.94. The Morgan fingerprint density at radius 1 is 1.20 bits per heavy atom. The van der Waals surface area contributed by atoms with E-state index < -0.39 is 0 Å². The van der Waals surface area contributed by atoms with Gasteiger partial charge >= 0.3 is 0 Å². The number of ether oxygens (including phenoxy) is 2. The lowest BCUT2D eigenvalue weighted by atomic mass is 10.1. The standard InChI is InChI=1S/C18H18N4O3/c1-24-14-4-5-16(25-2)15(9-14)18(23)21-11-13-3-6-17(20-10-13)22-8-7-19-12-22/h3-10,12H,11H2,1-2H3,(H,21,23). The number of imidazole rings is 1. The average molecular weight is 338 g/mol. The lowest BCUT2D eigenvalue weighted by Gasteiger charge is -2.11. The van der Waals surface area contributed by atoms with E-state index in [1.807, 2.05) is 22.9 Å². The molecule has 0 aliphatic carbocycles. The van der Waals surface area contributed by atoms with Crippen LogP contribution in [0.4, 0.5) is 0 Å². The van der Waals surface area contributed by atoms with Gasteiger partial charge in [-0.1, -0.05) is 6.07 Å². The molecule has 3 aromatic rings. The number of hydrogen-bond donors (Lipinski definition) is 1. The topological polar surface area (TPSA) is 78.3 Å². The summed E-state index contributed by atoms with van der Waals surface area (Å²) in [5, 5.41) is 2.86. The highest BCUT2D eigenvalue weighted by molar-refractivity contribution is 5.97. The Morgan fingerprint density at radius 2 is 2.08 bits per heavy atom. The molecule has 128 valence electrons. The predicted molar refractivity (Wildman–Crippen MR) is 92.1 cm³/mol. The zero-order valence-corrected chi connectivity index (χ0v) is 14.0. The third-order valence-corrected chi connectivity index (χ3v) is 3.68. The fourth-order valence-corrected chi connectivity index (χ4v) is 2.34. The van der Waals surface area contributed by atoms with Gasteiger partial charge in [0.1, 0.15) is 23.6 Å². The maximum Gasteiger partial charge on any atom is 0.255 e. The molecule has 2 heterocycles. The zero-order chi connectivity index (χ0) is 17.6. The molecule has 1 N–H and O–H groups in total. The van der Waals surface area contributed by atoms with Crippen LogP contribution in [-0.4, -0.2) is 34.7 Å². The van der Waals surface area contributed by atoms with Crippen molar-refractivity contribution in [3.05, 3.63) is 66.4 Å². The minimum absolute atomic E-state index is 0.241. The Balaban J connectivity index is 1.68. The molecule has 0 aliphatic rings. The summed E-state index contributed by atoms with van der Waals surface area (Å²) < 4.78 is 12.2. The van der Waals surface area contributed by atoms with Gasteiger partial charge in [0.05, 0.1) is 19.8 Å². The predicted octanol–water partition coefficient (Wildman–Crippen LogP) is 2.21. The maximum absolute atomic E-state index is 12.4. The minimum Gasteiger partial charge on any atom is -0.497 e. The summed E-state index contributed by atoms with van der Waals surface area (Å²) in [5.74, 6) is 1.61. The van der Waals surface area contributed by atoms with E-state index in [1.165, 1.54) is 7.11 Å². The van der Waals surface area contributed by atoms with Crippen LogP contribution in [0.3, 0.4) is 0 Å². The average Bonchev–Trinajstić information content (AvgIpc) is 3.20. The highest BCUT2D eigenvalue weighted by Crippen LogP contribution is 2.23. The smallest absolute Gasteiger partial charge is 0.255 e. The highest BCUT2D eigenvalue weighted by Gasteiger charge is 2.13. The fourth-order valence-electron chi connectivity index (χ4n) is 2.34. The van der Waals surface area contributed by atoms with E-state index in [2.05, 4.69) is 15.3 Å². The largest absolute Gasteiger partial charge is 0.497 e. The van der Waals surface area contributed by atoms with Crippen molar-refractivity contribution >= 4 is 5.91 Å². The van der Waals surface area contributed by atoms with Gasteiger partial charge in [-0.3, -0.25) is 9.36 Å². The van der Waals surface area contributed by atoms with Crippen molar-refractivity contribution < 1.29 is 14.3 Å². The normalized spacial score (nSPS) is 10.3. The highest BCUT2D eigenvalue weighted by atomic mass is 16.5. The summed E-state index contributed by atoms with van der Waals surface area (Å²) in [4.78, 5) is 20.8. The molecular weight excluding hydrogens is 320 g/mol. The third kappa shape index (κ3) is 3.77. The Morgan fingerprint density at radius 3 is 2.72 bits per heavy atom. The Labute approximate surface area is 145 Å². The summed E-state index contributed by atoms with van der Waals surface area (Å²) in [5.41, 5.74) is 1.31. The molecule has 0 saturated carbocycles. The number of aromatic nitrogens is 3. The molecule has 7 nitrogen and oxygen atoms in total. The molecule has 0 saturated heterocycles. The molecule has 0 spiro atoms. The summed E-state index contributed by atoms with van der Waals surface area (Å²) in [6.45, 7) is 0.358. The number of amides is 1. The summed E-state index contributed by atoms with van der Waals surface area (Å²) >= 11 is 0. The SMILES string of the molecule is COc1ccc(OC)c(C(=O)NCc2ccc(-n3ccnc3)nc2)c1. The first-order valence-electron chi connectivity index (χ1n) is 7.64.